The van der Waals surface area contributed by atoms with E-state index in [1.165, 1.54) is 0 Å². The molecule has 4 atom stereocenters. The Morgan fingerprint density at radius 1 is 1.03 bits per heavy atom. The monoisotopic (exact) mass is 524 g/mol. The number of aliphatic hydroxyl groups is 1. The molecule has 2 rings (SSSR count). The van der Waals surface area contributed by atoms with Gasteiger partial charge < -0.3 is 22.8 Å². The summed E-state index contributed by atoms with van der Waals surface area (Å²) in [5.74, 6) is 0. The topological polar surface area (TPSA) is 101 Å². The van der Waals surface area contributed by atoms with Crippen LogP contribution < -0.4 is 0 Å². The Labute approximate surface area is 204 Å². The first kappa shape index (κ1) is 29.4. The molecule has 0 saturated carbocycles. The van der Waals surface area contributed by atoms with Gasteiger partial charge in [-0.25, -0.2) is 0 Å². The van der Waals surface area contributed by atoms with Crippen molar-refractivity contribution >= 4 is 35.1 Å². The fourth-order valence-electron chi connectivity index (χ4n) is 5.34. The zero-order valence-corrected chi connectivity index (χ0v) is 24.9. The normalized spacial score (nSPS) is 32.4. The van der Waals surface area contributed by atoms with Gasteiger partial charge in [0.2, 0.25) is 0 Å². The lowest BCUT2D eigenvalue weighted by atomic mass is 9.77. The van der Waals surface area contributed by atoms with Gasteiger partial charge in [-0.3, -0.25) is 4.18 Å². The molecule has 0 bridgehead atoms. The first-order valence-electron chi connectivity index (χ1n) is 12.3. The van der Waals surface area contributed by atoms with E-state index in [-0.39, 0.29) is 28.8 Å². The van der Waals surface area contributed by atoms with E-state index in [1.807, 2.05) is 7.85 Å². The minimum atomic E-state index is -3.53. The summed E-state index contributed by atoms with van der Waals surface area (Å²) in [6.07, 6.45) is 0.644. The van der Waals surface area contributed by atoms with E-state index >= 15 is 0 Å². The lowest BCUT2D eigenvalue weighted by Crippen LogP contribution is -2.67. The molecule has 2 fully saturated rings. The molecule has 12 heteroatoms. The van der Waals surface area contributed by atoms with Crippen molar-refractivity contribution in [2.75, 3.05) is 19.5 Å². The Hall–Kier alpha value is 0.209. The van der Waals surface area contributed by atoms with Crippen molar-refractivity contribution in [2.45, 2.75) is 114 Å². The highest BCUT2D eigenvalue weighted by atomic mass is 32.2. The van der Waals surface area contributed by atoms with Crippen LogP contribution in [0.25, 0.3) is 0 Å². The van der Waals surface area contributed by atoms with E-state index < -0.39 is 51.1 Å². The molecule has 2 heterocycles. The fraction of sp³-hybridized carbons (Fsp3) is 1.00. The van der Waals surface area contributed by atoms with E-state index in [4.69, 9.17) is 21.9 Å². The SMILES string of the molecule is BC1OC2CO[Si](C(C)C)(C(C)C)O[Si](C(C)C)(C(C)C)O[C@H]2[C@@]1(O)CCCOS(C)(=O)=O. The number of rotatable bonds is 9. The highest BCUT2D eigenvalue weighted by Crippen LogP contribution is 2.49. The predicted octanol–water partition coefficient (Wildman–Crippen LogP) is 2.79. The molecule has 194 valence electrons. The average Bonchev–Trinajstić information content (AvgIpc) is 2.87. The van der Waals surface area contributed by atoms with Crippen molar-refractivity contribution in [2.24, 2.45) is 0 Å². The molecule has 33 heavy (non-hydrogen) atoms. The van der Waals surface area contributed by atoms with E-state index in [0.717, 1.165) is 6.26 Å². The van der Waals surface area contributed by atoms with Crippen molar-refractivity contribution in [1.82, 2.24) is 0 Å². The summed E-state index contributed by atoms with van der Waals surface area (Å²) in [5.41, 5.74) is -0.561. The van der Waals surface area contributed by atoms with Gasteiger partial charge in [-0.05, 0) is 35.0 Å². The van der Waals surface area contributed by atoms with Gasteiger partial charge in [0.05, 0.1) is 25.5 Å². The van der Waals surface area contributed by atoms with E-state index in [2.05, 4.69) is 55.4 Å². The molecule has 0 aromatic rings. The van der Waals surface area contributed by atoms with Crippen LogP contribution >= 0.6 is 0 Å². The van der Waals surface area contributed by atoms with Gasteiger partial charge in [0, 0.05) is 0 Å². The Morgan fingerprint density at radius 2 is 1.55 bits per heavy atom. The molecule has 8 nitrogen and oxygen atoms in total. The van der Waals surface area contributed by atoms with Crippen LogP contribution in [0.5, 0.6) is 0 Å². The zero-order chi connectivity index (χ0) is 25.4. The van der Waals surface area contributed by atoms with E-state index in [1.54, 1.807) is 0 Å². The van der Waals surface area contributed by atoms with Crippen LogP contribution in [0.3, 0.4) is 0 Å². The minimum absolute atomic E-state index is 0.00586. The van der Waals surface area contributed by atoms with Gasteiger partial charge in [0.15, 0.2) is 0 Å². The largest absolute Gasteiger partial charge is 0.414 e. The van der Waals surface area contributed by atoms with Crippen LogP contribution in [0, 0.1) is 0 Å². The number of hydrogen-bond acceptors (Lipinski definition) is 8. The van der Waals surface area contributed by atoms with E-state index in [0.29, 0.717) is 19.4 Å². The Bertz CT molecular complexity index is 747. The van der Waals surface area contributed by atoms with Gasteiger partial charge in [-0.2, -0.15) is 8.42 Å². The summed E-state index contributed by atoms with van der Waals surface area (Å²) >= 11 is 0. The van der Waals surface area contributed by atoms with Gasteiger partial charge in [-0.15, -0.1) is 0 Å². The summed E-state index contributed by atoms with van der Waals surface area (Å²) in [5, 5.41) is 11.8. The maximum atomic E-state index is 11.8. The van der Waals surface area contributed by atoms with Gasteiger partial charge >= 0.3 is 17.1 Å². The summed E-state index contributed by atoms with van der Waals surface area (Å²) in [4.78, 5) is 0. The average molecular weight is 525 g/mol. The highest BCUT2D eigenvalue weighted by molar-refractivity contribution is 7.85. The van der Waals surface area contributed by atoms with Gasteiger partial charge in [0.25, 0.3) is 10.1 Å². The van der Waals surface area contributed by atoms with Crippen LogP contribution in [0.15, 0.2) is 0 Å². The molecule has 2 aliphatic heterocycles. The van der Waals surface area contributed by atoms with Crippen LogP contribution in [0.1, 0.15) is 68.2 Å². The molecular formula is C21H45BO8SSi2. The second-order valence-electron chi connectivity index (χ2n) is 11.0. The Morgan fingerprint density at radius 3 is 2.00 bits per heavy atom. The van der Waals surface area contributed by atoms with Crippen LogP contribution in [-0.2, 0) is 32.0 Å². The molecule has 2 saturated heterocycles. The molecular weight excluding hydrogens is 479 g/mol. The molecule has 0 aliphatic carbocycles. The molecule has 0 amide bonds. The van der Waals surface area contributed by atoms with Crippen LogP contribution in [0.4, 0.5) is 0 Å². The Kier molecular flexibility index (Phi) is 9.52. The molecule has 2 aliphatic rings. The summed E-state index contributed by atoms with van der Waals surface area (Å²) in [7, 11) is -7.25. The zero-order valence-electron chi connectivity index (χ0n) is 22.1. The standard InChI is InChI=1S/C21H45BO8SSi2/c1-14(2)32(15(3)4)27-13-18-19(29-33(30-32,16(5)6)17(7)8)21(23,20(22)28-18)11-10-12-26-31(9,24)25/h14-20,23H,10-13,22H2,1-9H3/t18?,19-,20?,21+/m1/s1. The lowest BCUT2D eigenvalue weighted by molar-refractivity contribution is -0.0752. The highest BCUT2D eigenvalue weighted by Gasteiger charge is 2.64. The first-order chi connectivity index (χ1) is 15.0. The van der Waals surface area contributed by atoms with Gasteiger partial charge in [-0.1, -0.05) is 55.4 Å². The second-order valence-corrected chi connectivity index (χ2v) is 21.4. The van der Waals surface area contributed by atoms with E-state index in [9.17, 15) is 13.5 Å². The maximum Gasteiger partial charge on any atom is 0.335 e. The lowest BCUT2D eigenvalue weighted by Gasteiger charge is -2.52. The third kappa shape index (κ3) is 5.96. The molecule has 0 radical (unpaired) electrons. The summed E-state index contributed by atoms with van der Waals surface area (Å²) < 4.78 is 54.7. The van der Waals surface area contributed by atoms with Crippen molar-refractivity contribution in [3.8, 4) is 0 Å². The molecule has 0 aromatic carbocycles. The van der Waals surface area contributed by atoms with Crippen LogP contribution in [0.2, 0.25) is 22.2 Å². The van der Waals surface area contributed by atoms with Crippen molar-refractivity contribution in [3.05, 3.63) is 0 Å². The maximum absolute atomic E-state index is 11.8. The third-order valence-corrected chi connectivity index (χ3v) is 18.1. The second kappa shape index (κ2) is 10.7. The quantitative estimate of drug-likeness (QED) is 0.279. The fourth-order valence-corrected chi connectivity index (χ4v) is 17.0. The minimum Gasteiger partial charge on any atom is -0.414 e. The van der Waals surface area contributed by atoms with Gasteiger partial charge in [0.1, 0.15) is 25.7 Å². The smallest absolute Gasteiger partial charge is 0.335 e. The number of hydrogen-bond donors (Lipinski definition) is 1. The molecule has 1 N–H and O–H groups in total. The predicted molar refractivity (Wildman–Crippen MR) is 136 cm³/mol. The number of fused-ring (bicyclic) bond motifs is 1. The van der Waals surface area contributed by atoms with Crippen molar-refractivity contribution in [1.29, 1.82) is 0 Å². The molecule has 2 unspecified atom stereocenters. The molecule has 0 aromatic heterocycles. The summed E-state index contributed by atoms with van der Waals surface area (Å²) in [6.45, 7) is 17.5. The van der Waals surface area contributed by atoms with Crippen molar-refractivity contribution < 1.29 is 35.4 Å². The third-order valence-electron chi connectivity index (χ3n) is 7.25. The van der Waals surface area contributed by atoms with Crippen molar-refractivity contribution in [3.63, 3.8) is 0 Å². The molecule has 0 spiro atoms. The van der Waals surface area contributed by atoms with Crippen LogP contribution in [-0.4, -0.2) is 81.8 Å². The summed E-state index contributed by atoms with van der Waals surface area (Å²) in [6, 6.07) is -0.493. The first-order valence-corrected chi connectivity index (χ1v) is 18.0. The number of ether oxygens (including phenoxy) is 1. The Balaban J connectivity index is 2.45.